The summed E-state index contributed by atoms with van der Waals surface area (Å²) in [6.45, 7) is 8.27. The SMILES string of the molecule is CC(C)CNC(=O)c1ccccc1NC(=O)CN1CCN(CC(=O)N(C)C)CC1. The molecule has 8 heteroatoms. The molecule has 0 unspecified atom stereocenters. The summed E-state index contributed by atoms with van der Waals surface area (Å²) in [5.41, 5.74) is 0.988. The van der Waals surface area contributed by atoms with Gasteiger partial charge >= 0.3 is 0 Å². The van der Waals surface area contributed by atoms with E-state index in [9.17, 15) is 14.4 Å². The number of nitrogens with zero attached hydrogens (tertiary/aromatic N) is 3. The molecule has 0 aliphatic carbocycles. The molecule has 0 aromatic heterocycles. The fourth-order valence-corrected chi connectivity index (χ4v) is 3.01. The maximum Gasteiger partial charge on any atom is 0.253 e. The Kier molecular flexibility index (Phi) is 8.60. The summed E-state index contributed by atoms with van der Waals surface area (Å²) in [6, 6.07) is 7.04. The van der Waals surface area contributed by atoms with E-state index in [2.05, 4.69) is 20.4 Å². The Morgan fingerprint density at radius 1 is 1.00 bits per heavy atom. The van der Waals surface area contributed by atoms with Gasteiger partial charge in [-0.3, -0.25) is 24.2 Å². The standard InChI is InChI=1S/C21H33N5O3/c1-16(2)13-22-21(29)17-7-5-6-8-18(17)23-19(27)14-25-9-11-26(12-10-25)15-20(28)24(3)4/h5-8,16H,9-15H2,1-4H3,(H,22,29)(H,23,27). The van der Waals surface area contributed by atoms with Crippen molar-refractivity contribution in [1.29, 1.82) is 0 Å². The van der Waals surface area contributed by atoms with Crippen molar-refractivity contribution in [2.24, 2.45) is 5.92 Å². The molecule has 2 N–H and O–H groups in total. The van der Waals surface area contributed by atoms with E-state index >= 15 is 0 Å². The Morgan fingerprint density at radius 2 is 1.59 bits per heavy atom. The largest absolute Gasteiger partial charge is 0.352 e. The van der Waals surface area contributed by atoms with Crippen LogP contribution >= 0.6 is 0 Å². The number of hydrogen-bond donors (Lipinski definition) is 2. The molecular weight excluding hydrogens is 370 g/mol. The summed E-state index contributed by atoms with van der Waals surface area (Å²) >= 11 is 0. The zero-order valence-corrected chi connectivity index (χ0v) is 17.9. The molecule has 0 radical (unpaired) electrons. The molecule has 3 amide bonds. The van der Waals surface area contributed by atoms with Crippen molar-refractivity contribution in [2.75, 3.05) is 65.2 Å². The molecule has 1 aliphatic rings. The Balaban J connectivity index is 1.84. The number of likely N-dealkylation sites (N-methyl/N-ethyl adjacent to an activating group) is 1. The van der Waals surface area contributed by atoms with Crippen molar-refractivity contribution in [3.05, 3.63) is 29.8 Å². The van der Waals surface area contributed by atoms with Gasteiger partial charge in [-0.25, -0.2) is 0 Å². The molecule has 0 bridgehead atoms. The fraction of sp³-hybridized carbons (Fsp3) is 0.571. The summed E-state index contributed by atoms with van der Waals surface area (Å²) in [6.07, 6.45) is 0. The van der Waals surface area contributed by atoms with Crippen LogP contribution in [0.3, 0.4) is 0 Å². The Bertz CT molecular complexity index is 712. The number of benzene rings is 1. The van der Waals surface area contributed by atoms with E-state index in [-0.39, 0.29) is 24.3 Å². The molecule has 1 saturated heterocycles. The van der Waals surface area contributed by atoms with Gasteiger partial charge < -0.3 is 15.5 Å². The first-order valence-corrected chi connectivity index (χ1v) is 10.1. The predicted molar refractivity (Wildman–Crippen MR) is 114 cm³/mol. The molecule has 2 rings (SSSR count). The van der Waals surface area contributed by atoms with Gasteiger partial charge in [-0.1, -0.05) is 26.0 Å². The summed E-state index contributed by atoms with van der Waals surface area (Å²) in [5, 5.41) is 5.75. The van der Waals surface area contributed by atoms with Gasteiger partial charge in [0.05, 0.1) is 24.3 Å². The van der Waals surface area contributed by atoms with Crippen LogP contribution in [0.15, 0.2) is 24.3 Å². The molecule has 1 aromatic carbocycles. The highest BCUT2D eigenvalue weighted by Crippen LogP contribution is 2.15. The molecule has 1 aliphatic heterocycles. The number of carbonyl (C=O) groups excluding carboxylic acids is 3. The maximum absolute atomic E-state index is 12.5. The summed E-state index contributed by atoms with van der Waals surface area (Å²) in [7, 11) is 3.51. The van der Waals surface area contributed by atoms with Crippen LogP contribution in [0.1, 0.15) is 24.2 Å². The molecule has 1 aromatic rings. The summed E-state index contributed by atoms with van der Waals surface area (Å²) < 4.78 is 0. The van der Waals surface area contributed by atoms with Gasteiger partial charge in [-0.2, -0.15) is 0 Å². The highest BCUT2D eigenvalue weighted by molar-refractivity contribution is 6.04. The normalized spacial score (nSPS) is 15.2. The second-order valence-electron chi connectivity index (χ2n) is 8.04. The van der Waals surface area contributed by atoms with Crippen molar-refractivity contribution < 1.29 is 14.4 Å². The number of anilines is 1. The number of rotatable bonds is 8. The third kappa shape index (κ3) is 7.47. The van der Waals surface area contributed by atoms with E-state index in [1.807, 2.05) is 13.8 Å². The minimum Gasteiger partial charge on any atom is -0.352 e. The zero-order valence-electron chi connectivity index (χ0n) is 17.9. The Labute approximate surface area is 173 Å². The minimum atomic E-state index is -0.186. The molecule has 0 atom stereocenters. The molecule has 1 heterocycles. The average Bonchev–Trinajstić information content (AvgIpc) is 2.67. The average molecular weight is 404 g/mol. The minimum absolute atomic E-state index is 0.0866. The molecule has 160 valence electrons. The van der Waals surface area contributed by atoms with Gasteiger partial charge in [0, 0.05) is 46.8 Å². The number of para-hydroxylation sites is 1. The highest BCUT2D eigenvalue weighted by Gasteiger charge is 2.21. The van der Waals surface area contributed by atoms with Crippen LogP contribution in [0.25, 0.3) is 0 Å². The van der Waals surface area contributed by atoms with Crippen LogP contribution in [-0.4, -0.2) is 92.3 Å². The van der Waals surface area contributed by atoms with E-state index in [4.69, 9.17) is 0 Å². The zero-order chi connectivity index (χ0) is 21.4. The van der Waals surface area contributed by atoms with Crippen LogP contribution in [-0.2, 0) is 9.59 Å². The van der Waals surface area contributed by atoms with Gasteiger partial charge in [-0.05, 0) is 18.1 Å². The monoisotopic (exact) mass is 403 g/mol. The van der Waals surface area contributed by atoms with Gasteiger partial charge in [0.15, 0.2) is 0 Å². The number of carbonyl (C=O) groups is 3. The number of piperazine rings is 1. The van der Waals surface area contributed by atoms with Gasteiger partial charge in [0.1, 0.15) is 0 Å². The molecule has 1 fully saturated rings. The third-order valence-corrected chi connectivity index (χ3v) is 4.81. The smallest absolute Gasteiger partial charge is 0.253 e. The molecular formula is C21H33N5O3. The second kappa shape index (κ2) is 10.9. The number of hydrogen-bond acceptors (Lipinski definition) is 5. The van der Waals surface area contributed by atoms with Gasteiger partial charge in [0.25, 0.3) is 5.91 Å². The lowest BCUT2D eigenvalue weighted by atomic mass is 10.1. The Morgan fingerprint density at radius 3 is 2.17 bits per heavy atom. The first kappa shape index (κ1) is 22.8. The fourth-order valence-electron chi connectivity index (χ4n) is 3.01. The first-order chi connectivity index (χ1) is 13.8. The number of nitrogens with one attached hydrogen (secondary N) is 2. The predicted octanol–water partition coefficient (Wildman–Crippen LogP) is 0.717. The topological polar surface area (TPSA) is 85.0 Å². The van der Waals surface area contributed by atoms with Crippen molar-refractivity contribution in [2.45, 2.75) is 13.8 Å². The maximum atomic E-state index is 12.5. The van der Waals surface area contributed by atoms with Gasteiger partial charge in [0.2, 0.25) is 11.8 Å². The van der Waals surface area contributed by atoms with Crippen molar-refractivity contribution in [1.82, 2.24) is 20.0 Å². The lowest BCUT2D eigenvalue weighted by Gasteiger charge is -2.34. The van der Waals surface area contributed by atoms with E-state index < -0.39 is 0 Å². The van der Waals surface area contributed by atoms with Crippen molar-refractivity contribution in [3.8, 4) is 0 Å². The number of amides is 3. The molecule has 29 heavy (non-hydrogen) atoms. The van der Waals surface area contributed by atoms with Crippen molar-refractivity contribution >= 4 is 23.4 Å². The van der Waals surface area contributed by atoms with E-state index in [0.717, 1.165) is 26.2 Å². The lowest BCUT2D eigenvalue weighted by molar-refractivity contribution is -0.130. The molecule has 0 spiro atoms. The van der Waals surface area contributed by atoms with Crippen LogP contribution in [0, 0.1) is 5.92 Å². The molecule has 0 saturated carbocycles. The summed E-state index contributed by atoms with van der Waals surface area (Å²) in [5.74, 6) is 0.108. The molecule has 8 nitrogen and oxygen atoms in total. The third-order valence-electron chi connectivity index (χ3n) is 4.81. The van der Waals surface area contributed by atoms with E-state index in [1.165, 1.54) is 0 Å². The quantitative estimate of drug-likeness (QED) is 0.668. The Hall–Kier alpha value is -2.45. The van der Waals surface area contributed by atoms with Gasteiger partial charge in [-0.15, -0.1) is 0 Å². The summed E-state index contributed by atoms with van der Waals surface area (Å²) in [4.78, 5) is 42.5. The van der Waals surface area contributed by atoms with E-state index in [1.54, 1.807) is 43.3 Å². The first-order valence-electron chi connectivity index (χ1n) is 10.1. The van der Waals surface area contributed by atoms with Crippen LogP contribution < -0.4 is 10.6 Å². The van der Waals surface area contributed by atoms with Crippen LogP contribution in [0.2, 0.25) is 0 Å². The lowest BCUT2D eigenvalue weighted by Crippen LogP contribution is -2.50. The van der Waals surface area contributed by atoms with Crippen LogP contribution in [0.5, 0.6) is 0 Å². The second-order valence-corrected chi connectivity index (χ2v) is 8.04. The highest BCUT2D eigenvalue weighted by atomic mass is 16.2. The van der Waals surface area contributed by atoms with E-state index in [0.29, 0.717) is 30.3 Å². The van der Waals surface area contributed by atoms with Crippen molar-refractivity contribution in [3.63, 3.8) is 0 Å². The van der Waals surface area contributed by atoms with Crippen LogP contribution in [0.4, 0.5) is 5.69 Å².